The highest BCUT2D eigenvalue weighted by molar-refractivity contribution is 6.07. The molecule has 0 amide bonds. The fraction of sp³-hybridized carbons (Fsp3) is 0.0833. The van der Waals surface area contributed by atoms with Gasteiger partial charge >= 0.3 is 0 Å². The Bertz CT molecular complexity index is 633. The molecule has 3 rings (SSSR count). The van der Waals surface area contributed by atoms with Crippen LogP contribution >= 0.6 is 0 Å². The lowest BCUT2D eigenvalue weighted by Gasteiger charge is -2.04. The summed E-state index contributed by atoms with van der Waals surface area (Å²) in [5.41, 5.74) is 1.87. The smallest absolute Gasteiger partial charge is 0.242 e. The van der Waals surface area contributed by atoms with E-state index < -0.39 is 0 Å². The lowest BCUT2D eigenvalue weighted by atomic mass is 10.0. The highest BCUT2D eigenvalue weighted by Gasteiger charge is 2.07. The Kier molecular flexibility index (Phi) is 1.77. The van der Waals surface area contributed by atoms with Crippen molar-refractivity contribution in [2.24, 2.45) is 0 Å². The lowest BCUT2D eigenvalue weighted by molar-refractivity contribution is 0.448. The van der Waals surface area contributed by atoms with Crippen LogP contribution in [0.15, 0.2) is 30.3 Å². The molecule has 0 atom stereocenters. The van der Waals surface area contributed by atoms with Gasteiger partial charge in [-0.2, -0.15) is 0 Å². The molecule has 0 bridgehead atoms. The molecule has 78 valence electrons. The monoisotopic (exact) mass is 211 g/mol. The van der Waals surface area contributed by atoms with E-state index >= 15 is 0 Å². The Morgan fingerprint density at radius 3 is 2.62 bits per heavy atom. The number of fused-ring (bicyclic) bond motifs is 3. The van der Waals surface area contributed by atoms with Gasteiger partial charge in [0.15, 0.2) is 0 Å². The minimum Gasteiger partial charge on any atom is -0.492 e. The van der Waals surface area contributed by atoms with Crippen molar-refractivity contribution in [1.82, 2.24) is 15.4 Å². The minimum absolute atomic E-state index is 0.0755. The van der Waals surface area contributed by atoms with Gasteiger partial charge in [0.25, 0.3) is 0 Å². The van der Waals surface area contributed by atoms with Crippen molar-refractivity contribution in [1.29, 1.82) is 0 Å². The van der Waals surface area contributed by atoms with Gasteiger partial charge in [0.1, 0.15) is 5.52 Å². The molecule has 0 fully saturated rings. The number of aryl methyl sites for hydroxylation is 1. The van der Waals surface area contributed by atoms with E-state index in [9.17, 15) is 5.11 Å². The van der Waals surface area contributed by atoms with Gasteiger partial charge in [0.2, 0.25) is 5.88 Å². The number of aromatic hydroxyl groups is 1. The predicted octanol–water partition coefficient (Wildman–Crippen LogP) is 2.19. The molecule has 0 aliphatic heterocycles. The fourth-order valence-corrected chi connectivity index (χ4v) is 1.95. The van der Waals surface area contributed by atoms with Gasteiger partial charge in [0.05, 0.1) is 5.39 Å². The summed E-state index contributed by atoms with van der Waals surface area (Å²) in [6, 6.07) is 9.77. The third-order valence-corrected chi connectivity index (χ3v) is 2.78. The Morgan fingerprint density at radius 2 is 1.75 bits per heavy atom. The largest absolute Gasteiger partial charge is 0.492 e. The average molecular weight is 211 g/mol. The molecule has 4 heteroatoms. The summed E-state index contributed by atoms with van der Waals surface area (Å²) in [5.74, 6) is -0.0755. The summed E-state index contributed by atoms with van der Waals surface area (Å²) < 4.78 is 0. The summed E-state index contributed by atoms with van der Waals surface area (Å²) in [7, 11) is 0. The molecule has 0 aliphatic rings. The van der Waals surface area contributed by atoms with E-state index in [2.05, 4.69) is 15.4 Å². The Balaban J connectivity index is 2.60. The van der Waals surface area contributed by atoms with Crippen LogP contribution in [0.25, 0.3) is 21.7 Å². The molecule has 0 spiro atoms. The maximum Gasteiger partial charge on any atom is 0.242 e. The van der Waals surface area contributed by atoms with Crippen molar-refractivity contribution in [3.63, 3.8) is 0 Å². The molecule has 0 radical (unpaired) electrons. The summed E-state index contributed by atoms with van der Waals surface area (Å²) in [6.07, 6.45) is 0. The Labute approximate surface area is 91.5 Å². The SMILES string of the molecule is Cc1cccc2c1ccc1c(O)nnnc12. The molecule has 2 aromatic carbocycles. The highest BCUT2D eigenvalue weighted by atomic mass is 16.3. The number of hydrogen-bond donors (Lipinski definition) is 1. The van der Waals surface area contributed by atoms with Gasteiger partial charge in [0, 0.05) is 5.39 Å². The van der Waals surface area contributed by atoms with E-state index in [0.717, 1.165) is 10.8 Å². The highest BCUT2D eigenvalue weighted by Crippen LogP contribution is 2.28. The summed E-state index contributed by atoms with van der Waals surface area (Å²) in [5, 5.41) is 23.4. The predicted molar refractivity (Wildman–Crippen MR) is 61.2 cm³/mol. The first kappa shape index (κ1) is 9.03. The quantitative estimate of drug-likeness (QED) is 0.579. The van der Waals surface area contributed by atoms with Crippen LogP contribution in [0.5, 0.6) is 5.88 Å². The van der Waals surface area contributed by atoms with Crippen LogP contribution in [0.1, 0.15) is 5.56 Å². The first-order valence-electron chi connectivity index (χ1n) is 4.98. The van der Waals surface area contributed by atoms with Crippen LogP contribution in [0, 0.1) is 6.92 Å². The van der Waals surface area contributed by atoms with Crippen molar-refractivity contribution >= 4 is 21.7 Å². The maximum atomic E-state index is 9.59. The first-order chi connectivity index (χ1) is 7.77. The van der Waals surface area contributed by atoms with Crippen molar-refractivity contribution in [2.75, 3.05) is 0 Å². The zero-order valence-electron chi connectivity index (χ0n) is 8.68. The molecule has 16 heavy (non-hydrogen) atoms. The number of rotatable bonds is 0. The van der Waals surface area contributed by atoms with Crippen LogP contribution < -0.4 is 0 Å². The van der Waals surface area contributed by atoms with Gasteiger partial charge in [-0.15, -0.1) is 5.10 Å². The number of hydrogen-bond acceptors (Lipinski definition) is 4. The molecule has 0 saturated carbocycles. The van der Waals surface area contributed by atoms with Gasteiger partial charge in [-0.05, 0) is 29.2 Å². The van der Waals surface area contributed by atoms with E-state index in [1.807, 2.05) is 37.3 Å². The standard InChI is InChI=1S/C12H9N3O/c1-7-3-2-4-9-8(7)5-6-10-11(9)13-15-14-12(10)16/h2-6H,1H3,(H,13,14,16). The van der Waals surface area contributed by atoms with Crippen LogP contribution in [0.3, 0.4) is 0 Å². The van der Waals surface area contributed by atoms with E-state index in [-0.39, 0.29) is 5.88 Å². The third-order valence-electron chi connectivity index (χ3n) is 2.78. The second-order valence-corrected chi connectivity index (χ2v) is 3.74. The first-order valence-corrected chi connectivity index (χ1v) is 4.98. The van der Waals surface area contributed by atoms with Crippen LogP contribution in [-0.2, 0) is 0 Å². The van der Waals surface area contributed by atoms with E-state index in [4.69, 9.17) is 0 Å². The summed E-state index contributed by atoms with van der Waals surface area (Å²) >= 11 is 0. The second kappa shape index (κ2) is 3.13. The molecule has 1 aromatic heterocycles. The summed E-state index contributed by atoms with van der Waals surface area (Å²) in [6.45, 7) is 2.04. The molecule has 1 N–H and O–H groups in total. The number of nitrogens with zero attached hydrogens (tertiary/aromatic N) is 3. The van der Waals surface area contributed by atoms with Crippen LogP contribution in [0.4, 0.5) is 0 Å². The fourth-order valence-electron chi connectivity index (χ4n) is 1.95. The summed E-state index contributed by atoms with van der Waals surface area (Å²) in [4.78, 5) is 0. The molecular weight excluding hydrogens is 202 g/mol. The number of aromatic nitrogens is 3. The zero-order valence-corrected chi connectivity index (χ0v) is 8.68. The third kappa shape index (κ3) is 1.13. The second-order valence-electron chi connectivity index (χ2n) is 3.74. The normalized spacial score (nSPS) is 11.1. The maximum absolute atomic E-state index is 9.59. The zero-order chi connectivity index (χ0) is 11.1. The van der Waals surface area contributed by atoms with Gasteiger partial charge in [-0.3, -0.25) is 0 Å². The van der Waals surface area contributed by atoms with E-state index in [0.29, 0.717) is 10.9 Å². The average Bonchev–Trinajstić information content (AvgIpc) is 2.30. The lowest BCUT2D eigenvalue weighted by Crippen LogP contribution is -1.90. The molecular formula is C12H9N3O. The molecule has 3 aromatic rings. The van der Waals surface area contributed by atoms with Gasteiger partial charge in [-0.25, -0.2) is 0 Å². The van der Waals surface area contributed by atoms with Crippen LogP contribution in [0.2, 0.25) is 0 Å². The molecule has 0 saturated heterocycles. The van der Waals surface area contributed by atoms with Crippen LogP contribution in [-0.4, -0.2) is 20.5 Å². The Morgan fingerprint density at radius 1 is 0.938 bits per heavy atom. The van der Waals surface area contributed by atoms with Crippen molar-refractivity contribution in [3.05, 3.63) is 35.9 Å². The van der Waals surface area contributed by atoms with Crippen molar-refractivity contribution < 1.29 is 5.11 Å². The van der Waals surface area contributed by atoms with Gasteiger partial charge in [-0.1, -0.05) is 29.4 Å². The molecule has 0 unspecified atom stereocenters. The Hall–Kier alpha value is -2.23. The topological polar surface area (TPSA) is 58.9 Å². The van der Waals surface area contributed by atoms with E-state index in [1.165, 1.54) is 5.56 Å². The minimum atomic E-state index is -0.0755. The molecule has 1 heterocycles. The number of benzene rings is 2. The van der Waals surface area contributed by atoms with Crippen molar-refractivity contribution in [3.8, 4) is 5.88 Å². The van der Waals surface area contributed by atoms with Gasteiger partial charge < -0.3 is 5.11 Å². The van der Waals surface area contributed by atoms with Crippen molar-refractivity contribution in [2.45, 2.75) is 6.92 Å². The molecule has 4 nitrogen and oxygen atoms in total. The molecule has 0 aliphatic carbocycles. The van der Waals surface area contributed by atoms with E-state index in [1.54, 1.807) is 0 Å².